The molecular weight excluding hydrogens is 397 g/mol. The van der Waals surface area contributed by atoms with Crippen LogP contribution in [0, 0.1) is 17.5 Å². The van der Waals surface area contributed by atoms with E-state index >= 15 is 0 Å². The van der Waals surface area contributed by atoms with Crippen molar-refractivity contribution in [2.75, 3.05) is 19.7 Å². The lowest BCUT2D eigenvalue weighted by atomic mass is 9.82. The molecule has 0 amide bonds. The predicted molar refractivity (Wildman–Crippen MR) is 110 cm³/mol. The van der Waals surface area contributed by atoms with Crippen molar-refractivity contribution in [2.24, 2.45) is 5.41 Å². The van der Waals surface area contributed by atoms with Crippen LogP contribution in [-0.2, 0) is 16.7 Å². The quantitative estimate of drug-likeness (QED) is 0.535. The van der Waals surface area contributed by atoms with Crippen LogP contribution < -0.4 is 0 Å². The molecule has 0 saturated carbocycles. The van der Waals surface area contributed by atoms with Gasteiger partial charge in [0.2, 0.25) is 0 Å². The number of thiophene rings is 1. The number of hydrogen-bond acceptors (Lipinski definition) is 4. The lowest BCUT2D eigenvalue weighted by Crippen LogP contribution is -2.43. The minimum absolute atomic E-state index is 0.0108. The zero-order valence-electron chi connectivity index (χ0n) is 17.5. The molecule has 7 heteroatoms. The van der Waals surface area contributed by atoms with E-state index in [2.05, 4.69) is 29.8 Å². The van der Waals surface area contributed by atoms with Crippen molar-refractivity contribution in [2.45, 2.75) is 58.6 Å². The Bertz CT molecular complexity index is 816. The van der Waals surface area contributed by atoms with Gasteiger partial charge in [0.1, 0.15) is 0 Å². The van der Waals surface area contributed by atoms with E-state index in [4.69, 9.17) is 4.74 Å². The highest BCUT2D eigenvalue weighted by Crippen LogP contribution is 2.42. The molecule has 0 N–H and O–H groups in total. The van der Waals surface area contributed by atoms with E-state index in [1.807, 2.05) is 19.2 Å². The number of aryl methyl sites for hydroxylation is 2. The Labute approximate surface area is 174 Å². The van der Waals surface area contributed by atoms with E-state index in [9.17, 15) is 13.2 Å². The van der Waals surface area contributed by atoms with Gasteiger partial charge in [0, 0.05) is 41.2 Å². The van der Waals surface area contributed by atoms with E-state index in [0.29, 0.717) is 19.4 Å². The molecule has 1 saturated heterocycles. The Kier molecular flexibility index (Phi) is 6.41. The zero-order chi connectivity index (χ0) is 21.3. The smallest absolute Gasteiger partial charge is 0.320 e. The summed E-state index contributed by atoms with van der Waals surface area (Å²) in [6.45, 7) is 8.44. The van der Waals surface area contributed by atoms with Crippen molar-refractivity contribution in [1.29, 1.82) is 0 Å². The van der Waals surface area contributed by atoms with E-state index in [1.54, 1.807) is 6.07 Å². The molecule has 1 unspecified atom stereocenters. The van der Waals surface area contributed by atoms with Gasteiger partial charge in [0.05, 0.1) is 6.61 Å². The Balaban J connectivity index is 1.76. The van der Waals surface area contributed by atoms with Crippen molar-refractivity contribution >= 4 is 11.3 Å². The van der Waals surface area contributed by atoms with Gasteiger partial charge in [-0.15, -0.1) is 11.3 Å². The van der Waals surface area contributed by atoms with Crippen molar-refractivity contribution in [3.05, 3.63) is 51.7 Å². The van der Waals surface area contributed by atoms with Gasteiger partial charge in [-0.3, -0.25) is 9.88 Å². The Morgan fingerprint density at radius 3 is 2.55 bits per heavy atom. The third-order valence-electron chi connectivity index (χ3n) is 6.01. The highest BCUT2D eigenvalue weighted by molar-refractivity contribution is 7.10. The lowest BCUT2D eigenvalue weighted by Gasteiger charge is -2.38. The number of ether oxygens (including phenoxy) is 1. The standard InChI is InChI=1S/C22H29F3N2OS/c1-16-5-6-17(13-26-16)20(2,3)27-12-11-22(14-27,15-28-21(4,24)25)10-9-18-7-8-19(23)29-18/h5-8,13H,9-12,14-15H2,1-4H3. The van der Waals surface area contributed by atoms with Crippen LogP contribution in [0.3, 0.4) is 0 Å². The van der Waals surface area contributed by atoms with Gasteiger partial charge in [-0.25, -0.2) is 0 Å². The monoisotopic (exact) mass is 426 g/mol. The molecule has 1 aliphatic rings. The minimum Gasteiger partial charge on any atom is -0.320 e. The fraction of sp³-hybridized carbons (Fsp3) is 0.591. The summed E-state index contributed by atoms with van der Waals surface area (Å²) in [6.07, 6.45) is 0.835. The third-order valence-corrected chi connectivity index (χ3v) is 6.94. The highest BCUT2D eigenvalue weighted by atomic mass is 32.1. The first-order chi connectivity index (χ1) is 13.5. The maximum absolute atomic E-state index is 13.5. The van der Waals surface area contributed by atoms with Crippen LogP contribution in [-0.4, -0.2) is 35.7 Å². The summed E-state index contributed by atoms with van der Waals surface area (Å²) >= 11 is 1.12. The number of nitrogens with zero attached hydrogens (tertiary/aromatic N) is 2. The molecule has 1 atom stereocenters. The summed E-state index contributed by atoms with van der Waals surface area (Å²) in [5, 5.41) is -0.216. The molecule has 2 aromatic heterocycles. The first-order valence-corrected chi connectivity index (χ1v) is 10.8. The normalized spacial score (nSPS) is 21.1. The third kappa shape index (κ3) is 5.58. The molecule has 29 heavy (non-hydrogen) atoms. The summed E-state index contributed by atoms with van der Waals surface area (Å²) in [6, 6.07) is 7.30. The van der Waals surface area contributed by atoms with Gasteiger partial charge in [-0.1, -0.05) is 6.07 Å². The molecule has 3 rings (SSSR count). The maximum atomic E-state index is 13.5. The molecule has 0 aliphatic carbocycles. The topological polar surface area (TPSA) is 25.4 Å². The summed E-state index contributed by atoms with van der Waals surface area (Å²) in [5.41, 5.74) is 1.39. The number of rotatable bonds is 8. The van der Waals surface area contributed by atoms with Crippen molar-refractivity contribution < 1.29 is 17.9 Å². The summed E-state index contributed by atoms with van der Waals surface area (Å²) in [4.78, 5) is 7.68. The van der Waals surface area contributed by atoms with Crippen LogP contribution in [0.25, 0.3) is 0 Å². The van der Waals surface area contributed by atoms with Crippen LogP contribution in [0.5, 0.6) is 0 Å². The van der Waals surface area contributed by atoms with Crippen LogP contribution in [0.1, 0.15) is 49.7 Å². The molecule has 0 spiro atoms. The molecule has 0 aromatic carbocycles. The van der Waals surface area contributed by atoms with Gasteiger partial charge in [0.15, 0.2) is 5.13 Å². The van der Waals surface area contributed by atoms with E-state index in [0.717, 1.165) is 47.4 Å². The minimum atomic E-state index is -3.16. The molecule has 1 aliphatic heterocycles. The molecule has 2 aromatic rings. The maximum Gasteiger partial charge on any atom is 0.352 e. The second-order valence-corrected chi connectivity index (χ2v) is 9.84. The SMILES string of the molecule is Cc1ccc(C(C)(C)N2CCC(CCc3ccc(F)s3)(COC(C)(F)F)C2)cn1. The van der Waals surface area contributed by atoms with Crippen LogP contribution in [0.15, 0.2) is 30.5 Å². The summed E-state index contributed by atoms with van der Waals surface area (Å²) < 4.78 is 45.2. The van der Waals surface area contributed by atoms with Gasteiger partial charge in [-0.05, 0) is 70.3 Å². The average Bonchev–Trinajstić information content (AvgIpc) is 3.26. The van der Waals surface area contributed by atoms with Gasteiger partial charge >= 0.3 is 6.11 Å². The fourth-order valence-corrected chi connectivity index (χ4v) is 4.70. The lowest BCUT2D eigenvalue weighted by molar-refractivity contribution is -0.238. The number of alkyl halides is 2. The molecular formula is C22H29F3N2OS. The molecule has 160 valence electrons. The molecule has 0 radical (unpaired) electrons. The summed E-state index contributed by atoms with van der Waals surface area (Å²) in [5.74, 6) is 0. The van der Waals surface area contributed by atoms with Crippen LogP contribution in [0.2, 0.25) is 0 Å². The first kappa shape index (κ1) is 22.2. The molecule has 1 fully saturated rings. The van der Waals surface area contributed by atoms with Gasteiger partial charge in [-0.2, -0.15) is 13.2 Å². The van der Waals surface area contributed by atoms with E-state index in [-0.39, 0.29) is 17.3 Å². The van der Waals surface area contributed by atoms with Crippen LogP contribution in [0.4, 0.5) is 13.2 Å². The Morgan fingerprint density at radius 1 is 1.21 bits per heavy atom. The average molecular weight is 427 g/mol. The molecule has 0 bridgehead atoms. The number of halogens is 3. The van der Waals surface area contributed by atoms with Crippen LogP contribution >= 0.6 is 11.3 Å². The Hall–Kier alpha value is -1.44. The van der Waals surface area contributed by atoms with E-state index in [1.165, 1.54) is 6.07 Å². The highest BCUT2D eigenvalue weighted by Gasteiger charge is 2.45. The summed E-state index contributed by atoms with van der Waals surface area (Å²) in [7, 11) is 0. The van der Waals surface area contributed by atoms with Crippen molar-refractivity contribution in [1.82, 2.24) is 9.88 Å². The number of likely N-dealkylation sites (tertiary alicyclic amines) is 1. The van der Waals surface area contributed by atoms with Crippen molar-refractivity contribution in [3.63, 3.8) is 0 Å². The first-order valence-electron chi connectivity index (χ1n) is 9.93. The molecule has 3 nitrogen and oxygen atoms in total. The fourth-order valence-electron chi connectivity index (χ4n) is 3.97. The second kappa shape index (κ2) is 8.36. The predicted octanol–water partition coefficient (Wildman–Crippen LogP) is 5.78. The second-order valence-electron chi connectivity index (χ2n) is 8.72. The van der Waals surface area contributed by atoms with E-state index < -0.39 is 11.5 Å². The van der Waals surface area contributed by atoms with Gasteiger partial charge in [0.25, 0.3) is 0 Å². The molecule has 3 heterocycles. The largest absolute Gasteiger partial charge is 0.352 e. The number of aromatic nitrogens is 1. The van der Waals surface area contributed by atoms with Crippen molar-refractivity contribution in [3.8, 4) is 0 Å². The van der Waals surface area contributed by atoms with Gasteiger partial charge < -0.3 is 4.74 Å². The number of hydrogen-bond donors (Lipinski definition) is 0. The zero-order valence-corrected chi connectivity index (χ0v) is 18.3. The number of pyridine rings is 1. The Morgan fingerprint density at radius 2 is 1.97 bits per heavy atom.